The molecule has 0 saturated carbocycles. The average molecular weight is 277 g/mol. The number of hydrogen-bond acceptors (Lipinski definition) is 1. The van der Waals surface area contributed by atoms with Gasteiger partial charge in [-0.2, -0.15) is 0 Å². The summed E-state index contributed by atoms with van der Waals surface area (Å²) < 4.78 is 0. The first-order valence-corrected chi connectivity index (χ1v) is 5.55. The fraction of sp³-hybridized carbons (Fsp3) is 0.300. The fourth-order valence-corrected chi connectivity index (χ4v) is 1.35. The van der Waals surface area contributed by atoms with Gasteiger partial charge >= 0.3 is 0 Å². The molecule has 0 aliphatic carbocycles. The number of carbonyl (C=O) groups excluding carboxylic acids is 1. The Bertz CT molecular complexity index is 328. The van der Waals surface area contributed by atoms with Gasteiger partial charge in [-0.05, 0) is 24.6 Å². The summed E-state index contributed by atoms with van der Waals surface area (Å²) in [6.07, 6.45) is 0. The third kappa shape index (κ3) is 3.68. The Labute approximate surface area is 96.8 Å². The maximum absolute atomic E-state index is 11.2. The van der Waals surface area contributed by atoms with Crippen molar-refractivity contribution < 1.29 is 4.79 Å². The number of rotatable bonds is 3. The van der Waals surface area contributed by atoms with Gasteiger partial charge in [-0.25, -0.2) is 0 Å². The Morgan fingerprint density at radius 3 is 2.93 bits per heavy atom. The SMILES string of the molecule is CC(Br)C(=O)NCc1cccc(Cl)c1. The fourth-order valence-electron chi connectivity index (χ4n) is 0.977. The molecule has 4 heteroatoms. The van der Waals surface area contributed by atoms with Crippen molar-refractivity contribution >= 4 is 33.4 Å². The zero-order valence-corrected chi connectivity index (χ0v) is 10.1. The Balaban J connectivity index is 2.50. The first-order valence-electron chi connectivity index (χ1n) is 4.26. The van der Waals surface area contributed by atoms with Crippen LogP contribution in [0.2, 0.25) is 5.02 Å². The number of nitrogens with one attached hydrogen (secondary N) is 1. The topological polar surface area (TPSA) is 29.1 Å². The minimum absolute atomic E-state index is 0.0232. The molecule has 0 fully saturated rings. The summed E-state index contributed by atoms with van der Waals surface area (Å²) in [5, 5.41) is 3.47. The second-order valence-corrected chi connectivity index (χ2v) is 4.77. The van der Waals surface area contributed by atoms with Crippen LogP contribution in [0.1, 0.15) is 12.5 Å². The molecular weight excluding hydrogens is 265 g/mol. The van der Waals surface area contributed by atoms with Crippen molar-refractivity contribution in [3.8, 4) is 0 Å². The lowest BCUT2D eigenvalue weighted by atomic mass is 10.2. The zero-order chi connectivity index (χ0) is 10.6. The number of hydrogen-bond donors (Lipinski definition) is 1. The van der Waals surface area contributed by atoms with E-state index in [4.69, 9.17) is 11.6 Å². The minimum Gasteiger partial charge on any atom is -0.351 e. The van der Waals surface area contributed by atoms with Gasteiger partial charge in [0.1, 0.15) is 0 Å². The molecule has 0 radical (unpaired) electrons. The second-order valence-electron chi connectivity index (χ2n) is 2.96. The van der Waals surface area contributed by atoms with Gasteiger partial charge in [-0.1, -0.05) is 39.7 Å². The van der Waals surface area contributed by atoms with Gasteiger partial charge in [0.25, 0.3) is 0 Å². The molecule has 0 aliphatic rings. The molecule has 76 valence electrons. The number of amides is 1. The van der Waals surface area contributed by atoms with E-state index in [0.29, 0.717) is 11.6 Å². The smallest absolute Gasteiger partial charge is 0.233 e. The van der Waals surface area contributed by atoms with Crippen LogP contribution in [0, 0.1) is 0 Å². The van der Waals surface area contributed by atoms with E-state index in [1.54, 1.807) is 13.0 Å². The molecule has 0 aromatic heterocycles. The van der Waals surface area contributed by atoms with E-state index in [-0.39, 0.29) is 10.7 Å². The van der Waals surface area contributed by atoms with Crippen molar-refractivity contribution in [3.63, 3.8) is 0 Å². The summed E-state index contributed by atoms with van der Waals surface area (Å²) in [5.41, 5.74) is 0.999. The lowest BCUT2D eigenvalue weighted by Crippen LogP contribution is -2.28. The van der Waals surface area contributed by atoms with Crippen molar-refractivity contribution in [2.75, 3.05) is 0 Å². The molecule has 1 unspecified atom stereocenters. The van der Waals surface area contributed by atoms with Crippen molar-refractivity contribution in [2.24, 2.45) is 0 Å². The number of carbonyl (C=O) groups is 1. The van der Waals surface area contributed by atoms with Crippen LogP contribution in [0.5, 0.6) is 0 Å². The highest BCUT2D eigenvalue weighted by molar-refractivity contribution is 9.10. The number of halogens is 2. The third-order valence-electron chi connectivity index (χ3n) is 1.72. The largest absolute Gasteiger partial charge is 0.351 e. The van der Waals surface area contributed by atoms with E-state index in [2.05, 4.69) is 21.2 Å². The van der Waals surface area contributed by atoms with E-state index in [9.17, 15) is 4.79 Å². The molecule has 1 amide bonds. The Kier molecular flexibility index (Phi) is 4.42. The lowest BCUT2D eigenvalue weighted by Gasteiger charge is -2.06. The van der Waals surface area contributed by atoms with Gasteiger partial charge in [-0.15, -0.1) is 0 Å². The number of alkyl halides is 1. The first-order chi connectivity index (χ1) is 6.59. The standard InChI is InChI=1S/C10H11BrClNO/c1-7(11)10(14)13-6-8-3-2-4-9(12)5-8/h2-5,7H,6H2,1H3,(H,13,14). The van der Waals surface area contributed by atoms with E-state index < -0.39 is 0 Å². The summed E-state index contributed by atoms with van der Waals surface area (Å²) >= 11 is 8.99. The predicted octanol–water partition coefficient (Wildman–Crippen LogP) is 2.74. The summed E-state index contributed by atoms with van der Waals surface area (Å²) in [7, 11) is 0. The normalized spacial score (nSPS) is 12.2. The summed E-state index contributed by atoms with van der Waals surface area (Å²) in [6, 6.07) is 7.42. The maximum Gasteiger partial charge on any atom is 0.233 e. The van der Waals surface area contributed by atoms with Crippen LogP contribution in [0.3, 0.4) is 0 Å². The van der Waals surface area contributed by atoms with E-state index in [0.717, 1.165) is 5.56 Å². The second kappa shape index (κ2) is 5.37. The van der Waals surface area contributed by atoms with Crippen LogP contribution < -0.4 is 5.32 Å². The summed E-state index contributed by atoms with van der Waals surface area (Å²) in [6.45, 7) is 2.29. The molecule has 0 saturated heterocycles. The zero-order valence-electron chi connectivity index (χ0n) is 7.76. The third-order valence-corrected chi connectivity index (χ3v) is 2.37. The van der Waals surface area contributed by atoms with Gasteiger partial charge in [0, 0.05) is 11.6 Å². The Morgan fingerprint density at radius 2 is 2.36 bits per heavy atom. The van der Waals surface area contributed by atoms with Gasteiger partial charge in [0.05, 0.1) is 4.83 Å². The molecule has 14 heavy (non-hydrogen) atoms. The molecule has 0 spiro atoms. The molecule has 0 aliphatic heterocycles. The Hall–Kier alpha value is -0.540. The molecule has 0 bridgehead atoms. The van der Waals surface area contributed by atoms with Crippen molar-refractivity contribution in [3.05, 3.63) is 34.9 Å². The van der Waals surface area contributed by atoms with Gasteiger partial charge in [-0.3, -0.25) is 4.79 Å². The minimum atomic E-state index is -0.165. The molecule has 1 N–H and O–H groups in total. The van der Waals surface area contributed by atoms with Crippen LogP contribution in [-0.2, 0) is 11.3 Å². The lowest BCUT2D eigenvalue weighted by molar-refractivity contribution is -0.120. The summed E-state index contributed by atoms with van der Waals surface area (Å²) in [5.74, 6) is -0.0232. The van der Waals surface area contributed by atoms with Crippen molar-refractivity contribution in [1.82, 2.24) is 5.32 Å². The number of benzene rings is 1. The van der Waals surface area contributed by atoms with Gasteiger partial charge in [0.15, 0.2) is 0 Å². The molecule has 1 aromatic carbocycles. The molecule has 1 aromatic rings. The van der Waals surface area contributed by atoms with Gasteiger partial charge < -0.3 is 5.32 Å². The highest BCUT2D eigenvalue weighted by Gasteiger charge is 2.07. The van der Waals surface area contributed by atoms with Crippen molar-refractivity contribution in [2.45, 2.75) is 18.3 Å². The van der Waals surface area contributed by atoms with Crippen LogP contribution in [0.15, 0.2) is 24.3 Å². The highest BCUT2D eigenvalue weighted by atomic mass is 79.9. The van der Waals surface area contributed by atoms with Crippen LogP contribution in [0.25, 0.3) is 0 Å². The molecule has 1 atom stereocenters. The molecule has 1 rings (SSSR count). The monoisotopic (exact) mass is 275 g/mol. The highest BCUT2D eigenvalue weighted by Crippen LogP contribution is 2.10. The van der Waals surface area contributed by atoms with Crippen LogP contribution >= 0.6 is 27.5 Å². The quantitative estimate of drug-likeness (QED) is 0.845. The molecule has 0 heterocycles. The van der Waals surface area contributed by atoms with Crippen LogP contribution in [0.4, 0.5) is 0 Å². The molecular formula is C10H11BrClNO. The van der Waals surface area contributed by atoms with Crippen molar-refractivity contribution in [1.29, 1.82) is 0 Å². The van der Waals surface area contributed by atoms with E-state index in [1.807, 2.05) is 18.2 Å². The Morgan fingerprint density at radius 1 is 1.64 bits per heavy atom. The predicted molar refractivity (Wildman–Crippen MR) is 61.7 cm³/mol. The van der Waals surface area contributed by atoms with E-state index in [1.165, 1.54) is 0 Å². The van der Waals surface area contributed by atoms with E-state index >= 15 is 0 Å². The average Bonchev–Trinajstić information content (AvgIpc) is 2.14. The molecule has 2 nitrogen and oxygen atoms in total. The van der Waals surface area contributed by atoms with Gasteiger partial charge in [0.2, 0.25) is 5.91 Å². The first kappa shape index (κ1) is 11.5. The summed E-state index contributed by atoms with van der Waals surface area (Å²) in [4.78, 5) is 11.0. The maximum atomic E-state index is 11.2. The van der Waals surface area contributed by atoms with Crippen LogP contribution in [-0.4, -0.2) is 10.7 Å².